The number of halogens is 1. The molecule has 0 N–H and O–H groups in total. The van der Waals surface area contributed by atoms with Crippen LogP contribution in [-0.2, 0) is 9.53 Å². The molecule has 1 aromatic heterocycles. The van der Waals surface area contributed by atoms with Gasteiger partial charge < -0.3 is 14.2 Å². The zero-order valence-corrected chi connectivity index (χ0v) is 22.3. The zero-order chi connectivity index (χ0) is 26.0. The Bertz CT molecular complexity index is 1500. The van der Waals surface area contributed by atoms with Crippen molar-refractivity contribution in [3.8, 4) is 11.5 Å². The summed E-state index contributed by atoms with van der Waals surface area (Å²) >= 11 is 7.47. The van der Waals surface area contributed by atoms with Gasteiger partial charge >= 0.3 is 5.97 Å². The molecule has 0 saturated heterocycles. The predicted molar refractivity (Wildman–Crippen MR) is 141 cm³/mol. The fraction of sp³-hybridized carbons (Fsp3) is 0.296. The maximum absolute atomic E-state index is 13.8. The Morgan fingerprint density at radius 1 is 1.22 bits per heavy atom. The second kappa shape index (κ2) is 10.7. The van der Waals surface area contributed by atoms with Gasteiger partial charge in [0.15, 0.2) is 4.80 Å². The van der Waals surface area contributed by atoms with Gasteiger partial charge in [-0.2, -0.15) is 0 Å². The lowest BCUT2D eigenvalue weighted by atomic mass is 9.96. The number of thiazole rings is 1. The van der Waals surface area contributed by atoms with E-state index < -0.39 is 12.0 Å². The van der Waals surface area contributed by atoms with Crippen LogP contribution in [-0.4, -0.2) is 30.4 Å². The molecule has 0 radical (unpaired) electrons. The summed E-state index contributed by atoms with van der Waals surface area (Å²) in [6.45, 7) is 7.69. The van der Waals surface area contributed by atoms with Crippen LogP contribution in [0.15, 0.2) is 63.5 Å². The van der Waals surface area contributed by atoms with Gasteiger partial charge in [-0.05, 0) is 69.7 Å². The van der Waals surface area contributed by atoms with E-state index in [9.17, 15) is 9.59 Å². The molecule has 1 atom stereocenters. The van der Waals surface area contributed by atoms with Gasteiger partial charge in [-0.1, -0.05) is 35.1 Å². The van der Waals surface area contributed by atoms with Crippen molar-refractivity contribution in [2.24, 2.45) is 4.99 Å². The van der Waals surface area contributed by atoms with E-state index >= 15 is 0 Å². The Morgan fingerprint density at radius 2 is 1.94 bits per heavy atom. The van der Waals surface area contributed by atoms with Crippen molar-refractivity contribution in [1.29, 1.82) is 0 Å². The maximum atomic E-state index is 13.8. The third kappa shape index (κ3) is 5.10. The van der Waals surface area contributed by atoms with E-state index in [0.29, 0.717) is 49.3 Å². The molecule has 1 aliphatic heterocycles. The van der Waals surface area contributed by atoms with Gasteiger partial charge in [0.2, 0.25) is 0 Å². The van der Waals surface area contributed by atoms with Crippen LogP contribution >= 0.6 is 22.9 Å². The minimum Gasteiger partial charge on any atom is -0.497 e. The number of rotatable bonds is 7. The lowest BCUT2D eigenvalue weighted by molar-refractivity contribution is -0.143. The van der Waals surface area contributed by atoms with Gasteiger partial charge in [0.1, 0.15) is 11.5 Å². The molecule has 7 nitrogen and oxygen atoms in total. The highest BCUT2D eigenvalue weighted by atomic mass is 35.5. The standard InChI is InChI=1S/C27H27ClN2O5S/c1-6-34-21-12-9-19(28)13-18(21)14-22-25(31)30-24(17-7-10-20(33-5)11-8-17)23(26(32)35-15(2)3)16(4)29-27(30)36-22/h7-15,24H,6H2,1-5H3/b22-14-/t24-/m0/s1. The highest BCUT2D eigenvalue weighted by molar-refractivity contribution is 7.07. The second-order valence-electron chi connectivity index (χ2n) is 8.42. The first-order chi connectivity index (χ1) is 17.2. The summed E-state index contributed by atoms with van der Waals surface area (Å²) in [6, 6.07) is 11.8. The molecule has 9 heteroatoms. The minimum atomic E-state index is -0.703. The number of carbonyl (C=O) groups excluding carboxylic acids is 1. The molecule has 0 fully saturated rings. The molecule has 0 amide bonds. The number of hydrogen-bond donors (Lipinski definition) is 0. The average molecular weight is 527 g/mol. The van der Waals surface area contributed by atoms with E-state index in [1.54, 1.807) is 68.9 Å². The number of carbonyl (C=O) groups is 1. The highest BCUT2D eigenvalue weighted by Gasteiger charge is 2.33. The van der Waals surface area contributed by atoms with Gasteiger partial charge in [-0.25, -0.2) is 9.79 Å². The molecular weight excluding hydrogens is 500 g/mol. The Kier molecular flexibility index (Phi) is 7.66. The van der Waals surface area contributed by atoms with Gasteiger partial charge in [-0.15, -0.1) is 0 Å². The predicted octanol–water partition coefficient (Wildman–Crippen LogP) is 4.25. The Balaban J connectivity index is 1.94. The molecule has 36 heavy (non-hydrogen) atoms. The molecule has 0 aliphatic carbocycles. The highest BCUT2D eigenvalue weighted by Crippen LogP contribution is 2.32. The third-order valence-electron chi connectivity index (χ3n) is 5.57. The molecule has 2 heterocycles. The largest absolute Gasteiger partial charge is 0.497 e. The van der Waals surface area contributed by atoms with Crippen LogP contribution in [0.25, 0.3) is 6.08 Å². The number of nitrogens with zero attached hydrogens (tertiary/aromatic N) is 2. The molecule has 1 aliphatic rings. The first-order valence-electron chi connectivity index (χ1n) is 11.5. The van der Waals surface area contributed by atoms with Crippen LogP contribution in [0.3, 0.4) is 0 Å². The van der Waals surface area contributed by atoms with E-state index in [1.165, 1.54) is 11.3 Å². The number of hydrogen-bond acceptors (Lipinski definition) is 7. The third-order valence-corrected chi connectivity index (χ3v) is 6.79. The number of aromatic nitrogens is 1. The van der Waals surface area contributed by atoms with Crippen molar-refractivity contribution in [3.63, 3.8) is 0 Å². The molecular formula is C27H27ClN2O5S. The molecule has 0 spiro atoms. The van der Waals surface area contributed by atoms with E-state index in [-0.39, 0.29) is 11.7 Å². The number of allylic oxidation sites excluding steroid dienone is 1. The number of methoxy groups -OCH3 is 1. The topological polar surface area (TPSA) is 79.1 Å². The number of fused-ring (bicyclic) bond motifs is 1. The van der Waals surface area contributed by atoms with Crippen molar-refractivity contribution in [2.75, 3.05) is 13.7 Å². The monoisotopic (exact) mass is 526 g/mol. The fourth-order valence-corrected chi connectivity index (χ4v) is 5.24. The quantitative estimate of drug-likeness (QED) is 0.430. The van der Waals surface area contributed by atoms with Crippen LogP contribution in [0, 0.1) is 0 Å². The molecule has 3 aromatic rings. The molecule has 4 rings (SSSR count). The summed E-state index contributed by atoms with van der Waals surface area (Å²) in [6.07, 6.45) is 1.43. The second-order valence-corrected chi connectivity index (χ2v) is 9.87. The van der Waals surface area contributed by atoms with Crippen LogP contribution < -0.4 is 24.4 Å². The van der Waals surface area contributed by atoms with Crippen molar-refractivity contribution in [3.05, 3.63) is 89.6 Å². The number of esters is 1. The Hall–Kier alpha value is -3.36. The van der Waals surface area contributed by atoms with Crippen molar-refractivity contribution < 1.29 is 19.0 Å². The van der Waals surface area contributed by atoms with E-state index in [2.05, 4.69) is 4.99 Å². The zero-order valence-electron chi connectivity index (χ0n) is 20.7. The molecule has 0 saturated carbocycles. The summed E-state index contributed by atoms with van der Waals surface area (Å²) < 4.78 is 18.5. The first-order valence-corrected chi connectivity index (χ1v) is 12.7. The summed E-state index contributed by atoms with van der Waals surface area (Å²) in [4.78, 5) is 32.1. The normalized spacial score (nSPS) is 15.5. The van der Waals surface area contributed by atoms with E-state index in [4.69, 9.17) is 25.8 Å². The SMILES string of the molecule is CCOc1ccc(Cl)cc1/C=c1\sc2n(c1=O)[C@@H](c1ccc(OC)cc1)C(C(=O)OC(C)C)=C(C)N=2. The van der Waals surface area contributed by atoms with E-state index in [0.717, 1.165) is 5.56 Å². The molecule has 0 unspecified atom stereocenters. The van der Waals surface area contributed by atoms with Crippen molar-refractivity contribution >= 4 is 35.0 Å². The summed E-state index contributed by atoms with van der Waals surface area (Å²) in [7, 11) is 1.58. The van der Waals surface area contributed by atoms with Crippen molar-refractivity contribution in [1.82, 2.24) is 4.57 Å². The lowest BCUT2D eigenvalue weighted by Gasteiger charge is -2.25. The van der Waals surface area contributed by atoms with Gasteiger partial charge in [-0.3, -0.25) is 9.36 Å². The van der Waals surface area contributed by atoms with E-state index in [1.807, 2.05) is 19.1 Å². The molecule has 188 valence electrons. The average Bonchev–Trinajstić information content (AvgIpc) is 3.14. The Morgan fingerprint density at radius 3 is 2.58 bits per heavy atom. The minimum absolute atomic E-state index is 0.274. The molecule has 0 bridgehead atoms. The maximum Gasteiger partial charge on any atom is 0.338 e. The smallest absolute Gasteiger partial charge is 0.338 e. The number of ether oxygens (including phenoxy) is 3. The van der Waals surface area contributed by atoms with Gasteiger partial charge in [0, 0.05) is 10.6 Å². The van der Waals surface area contributed by atoms with Crippen LogP contribution in [0.5, 0.6) is 11.5 Å². The summed E-state index contributed by atoms with van der Waals surface area (Å²) in [5.41, 5.74) is 1.99. The Labute approximate surface area is 217 Å². The summed E-state index contributed by atoms with van der Waals surface area (Å²) in [5.74, 6) is 0.786. The summed E-state index contributed by atoms with van der Waals surface area (Å²) in [5, 5.41) is 0.531. The van der Waals surface area contributed by atoms with Gasteiger partial charge in [0.05, 0.1) is 41.7 Å². The van der Waals surface area contributed by atoms with Crippen LogP contribution in [0.2, 0.25) is 5.02 Å². The molecule has 2 aromatic carbocycles. The van der Waals surface area contributed by atoms with Crippen LogP contribution in [0.4, 0.5) is 0 Å². The van der Waals surface area contributed by atoms with Gasteiger partial charge in [0.25, 0.3) is 5.56 Å². The van der Waals surface area contributed by atoms with Crippen molar-refractivity contribution in [2.45, 2.75) is 39.8 Å². The number of benzene rings is 2. The van der Waals surface area contributed by atoms with Crippen LogP contribution in [0.1, 0.15) is 44.9 Å². The lowest BCUT2D eigenvalue weighted by Crippen LogP contribution is -2.40. The first kappa shape index (κ1) is 25.7. The fourth-order valence-electron chi connectivity index (χ4n) is 4.02.